The predicted octanol–water partition coefficient (Wildman–Crippen LogP) is -0.315. The zero-order chi connectivity index (χ0) is 10.5. The number of nitrogens with zero attached hydrogens (tertiary/aromatic N) is 2. The minimum absolute atomic E-state index is 0.0845. The van der Waals surface area contributed by atoms with E-state index in [2.05, 4.69) is 25.3 Å². The Morgan fingerprint density at radius 2 is 2.40 bits per heavy atom. The first kappa shape index (κ1) is 10.1. The van der Waals surface area contributed by atoms with Crippen LogP contribution < -0.4 is 10.6 Å². The van der Waals surface area contributed by atoms with Gasteiger partial charge in [-0.1, -0.05) is 5.16 Å². The summed E-state index contributed by atoms with van der Waals surface area (Å²) in [4.78, 5) is 15.5. The smallest absolute Gasteiger partial charge is 0.223 e. The summed E-state index contributed by atoms with van der Waals surface area (Å²) in [6.45, 7) is 2.18. The van der Waals surface area contributed by atoms with Crippen LogP contribution in [-0.2, 0) is 11.3 Å². The van der Waals surface area contributed by atoms with Gasteiger partial charge in [0.05, 0.1) is 6.54 Å². The number of rotatable bonds is 3. The number of hydrogen-bond acceptors (Lipinski definition) is 5. The van der Waals surface area contributed by atoms with Crippen LogP contribution in [0.3, 0.4) is 0 Å². The van der Waals surface area contributed by atoms with E-state index in [9.17, 15) is 4.79 Å². The van der Waals surface area contributed by atoms with Crippen LogP contribution in [0.5, 0.6) is 0 Å². The molecule has 1 saturated heterocycles. The fourth-order valence-corrected chi connectivity index (χ4v) is 1.66. The van der Waals surface area contributed by atoms with Crippen LogP contribution in [0.4, 0.5) is 0 Å². The Kier molecular flexibility index (Phi) is 3.29. The monoisotopic (exact) mass is 210 g/mol. The Bertz CT molecular complexity index is 306. The summed E-state index contributed by atoms with van der Waals surface area (Å²) in [5.74, 6) is 0.719. The van der Waals surface area contributed by atoms with Gasteiger partial charge < -0.3 is 15.2 Å². The van der Waals surface area contributed by atoms with Gasteiger partial charge in [0.2, 0.25) is 12.3 Å². The largest absolute Gasteiger partial charge is 0.348 e. The first-order valence-electron chi connectivity index (χ1n) is 5.10. The van der Waals surface area contributed by atoms with Crippen LogP contribution in [0.25, 0.3) is 0 Å². The van der Waals surface area contributed by atoms with E-state index in [4.69, 9.17) is 0 Å². The molecule has 0 radical (unpaired) electrons. The fraction of sp³-hybridized carbons (Fsp3) is 0.667. The van der Waals surface area contributed by atoms with Crippen LogP contribution >= 0.6 is 0 Å². The highest BCUT2D eigenvalue weighted by Crippen LogP contribution is 2.11. The lowest BCUT2D eigenvalue weighted by molar-refractivity contribution is -0.125. The van der Waals surface area contributed by atoms with Crippen molar-refractivity contribution in [1.82, 2.24) is 20.8 Å². The lowest BCUT2D eigenvalue weighted by atomic mass is 9.97. The van der Waals surface area contributed by atoms with Crippen molar-refractivity contribution in [1.29, 1.82) is 0 Å². The maximum Gasteiger partial charge on any atom is 0.223 e. The number of carbonyl (C=O) groups excluding carboxylic acids is 1. The molecule has 2 heterocycles. The van der Waals surface area contributed by atoms with Gasteiger partial charge in [0, 0.05) is 5.92 Å². The summed E-state index contributed by atoms with van der Waals surface area (Å²) in [5, 5.41) is 9.64. The predicted molar refractivity (Wildman–Crippen MR) is 51.7 cm³/mol. The van der Waals surface area contributed by atoms with Crippen molar-refractivity contribution in [3.05, 3.63) is 12.2 Å². The minimum atomic E-state index is 0.0845. The normalized spacial score (nSPS) is 17.6. The Morgan fingerprint density at radius 3 is 3.07 bits per heavy atom. The third-order valence-electron chi connectivity index (χ3n) is 2.54. The third kappa shape index (κ3) is 2.76. The summed E-state index contributed by atoms with van der Waals surface area (Å²) in [6.07, 6.45) is 3.06. The first-order valence-corrected chi connectivity index (χ1v) is 5.10. The van der Waals surface area contributed by atoms with Gasteiger partial charge in [-0.25, -0.2) is 0 Å². The van der Waals surface area contributed by atoms with Crippen molar-refractivity contribution in [2.24, 2.45) is 5.92 Å². The molecule has 1 aromatic heterocycles. The zero-order valence-corrected chi connectivity index (χ0v) is 8.40. The van der Waals surface area contributed by atoms with E-state index >= 15 is 0 Å². The molecule has 0 unspecified atom stereocenters. The molecular weight excluding hydrogens is 196 g/mol. The second-order valence-electron chi connectivity index (χ2n) is 3.59. The molecule has 0 aromatic carbocycles. The number of nitrogens with one attached hydrogen (secondary N) is 2. The molecule has 0 aliphatic carbocycles. The lowest BCUT2D eigenvalue weighted by Gasteiger charge is -2.21. The van der Waals surface area contributed by atoms with Crippen molar-refractivity contribution in [3.63, 3.8) is 0 Å². The number of hydrogen-bond donors (Lipinski definition) is 2. The molecule has 0 atom stereocenters. The van der Waals surface area contributed by atoms with E-state index < -0.39 is 0 Å². The molecule has 1 aliphatic rings. The van der Waals surface area contributed by atoms with E-state index in [-0.39, 0.29) is 11.8 Å². The highest BCUT2D eigenvalue weighted by molar-refractivity contribution is 5.78. The SMILES string of the molecule is O=C(NCc1ncon1)C1CCNCC1. The van der Waals surface area contributed by atoms with Gasteiger partial charge in [-0.2, -0.15) is 4.98 Å². The van der Waals surface area contributed by atoms with Gasteiger partial charge in [-0.3, -0.25) is 4.79 Å². The summed E-state index contributed by atoms with van der Waals surface area (Å²) in [7, 11) is 0. The van der Waals surface area contributed by atoms with Crippen LogP contribution in [0.2, 0.25) is 0 Å². The second-order valence-corrected chi connectivity index (χ2v) is 3.59. The summed E-state index contributed by atoms with van der Waals surface area (Å²) in [5.41, 5.74) is 0. The molecule has 6 heteroatoms. The second kappa shape index (κ2) is 4.88. The molecule has 0 spiro atoms. The maximum atomic E-state index is 11.7. The van der Waals surface area contributed by atoms with E-state index in [1.54, 1.807) is 0 Å². The Balaban J connectivity index is 1.76. The van der Waals surface area contributed by atoms with Crippen molar-refractivity contribution >= 4 is 5.91 Å². The maximum absolute atomic E-state index is 11.7. The van der Waals surface area contributed by atoms with Gasteiger partial charge in [0.1, 0.15) is 0 Å². The lowest BCUT2D eigenvalue weighted by Crippen LogP contribution is -2.38. The summed E-state index contributed by atoms with van der Waals surface area (Å²) >= 11 is 0. The molecule has 0 bridgehead atoms. The fourth-order valence-electron chi connectivity index (χ4n) is 1.66. The van der Waals surface area contributed by atoms with Crippen LogP contribution in [0.15, 0.2) is 10.9 Å². The highest BCUT2D eigenvalue weighted by atomic mass is 16.5. The molecule has 6 nitrogen and oxygen atoms in total. The van der Waals surface area contributed by atoms with Crippen LogP contribution in [0, 0.1) is 5.92 Å². The third-order valence-corrected chi connectivity index (χ3v) is 2.54. The van der Waals surface area contributed by atoms with Gasteiger partial charge in [-0.05, 0) is 25.9 Å². The van der Waals surface area contributed by atoms with Crippen LogP contribution in [-0.4, -0.2) is 29.1 Å². The van der Waals surface area contributed by atoms with Crippen molar-refractivity contribution in [2.75, 3.05) is 13.1 Å². The molecular formula is C9H14N4O2. The summed E-state index contributed by atoms with van der Waals surface area (Å²) < 4.78 is 4.57. The molecule has 1 fully saturated rings. The van der Waals surface area contributed by atoms with Crippen molar-refractivity contribution < 1.29 is 9.32 Å². The number of carbonyl (C=O) groups is 1. The molecule has 1 aromatic rings. The molecule has 82 valence electrons. The van der Waals surface area contributed by atoms with Crippen molar-refractivity contribution in [2.45, 2.75) is 19.4 Å². The minimum Gasteiger partial charge on any atom is -0.348 e. The molecule has 0 saturated carbocycles. The Morgan fingerprint density at radius 1 is 1.60 bits per heavy atom. The van der Waals surface area contributed by atoms with E-state index in [0.29, 0.717) is 12.4 Å². The zero-order valence-electron chi connectivity index (χ0n) is 8.40. The Labute approximate surface area is 87.4 Å². The molecule has 1 amide bonds. The molecule has 2 rings (SSSR count). The average molecular weight is 210 g/mol. The summed E-state index contributed by atoms with van der Waals surface area (Å²) in [6, 6.07) is 0. The standard InChI is InChI=1S/C9H14N4O2/c14-9(7-1-3-10-4-2-7)11-5-8-12-6-15-13-8/h6-7,10H,1-5H2,(H,11,14). The van der Waals surface area contributed by atoms with Crippen LogP contribution in [0.1, 0.15) is 18.7 Å². The number of aromatic nitrogens is 2. The molecule has 2 N–H and O–H groups in total. The quantitative estimate of drug-likeness (QED) is 0.715. The highest BCUT2D eigenvalue weighted by Gasteiger charge is 2.20. The van der Waals surface area contributed by atoms with E-state index in [1.165, 1.54) is 6.39 Å². The van der Waals surface area contributed by atoms with Gasteiger partial charge >= 0.3 is 0 Å². The van der Waals surface area contributed by atoms with Gasteiger partial charge in [0.25, 0.3) is 0 Å². The molecule has 1 aliphatic heterocycles. The first-order chi connectivity index (χ1) is 7.36. The van der Waals surface area contributed by atoms with E-state index in [1.807, 2.05) is 0 Å². The number of amides is 1. The molecule has 15 heavy (non-hydrogen) atoms. The van der Waals surface area contributed by atoms with Crippen molar-refractivity contribution in [3.8, 4) is 0 Å². The number of piperidine rings is 1. The van der Waals surface area contributed by atoms with Gasteiger partial charge in [-0.15, -0.1) is 0 Å². The van der Waals surface area contributed by atoms with Gasteiger partial charge in [0.15, 0.2) is 5.82 Å². The topological polar surface area (TPSA) is 80.1 Å². The van der Waals surface area contributed by atoms with E-state index in [0.717, 1.165) is 25.9 Å². The average Bonchev–Trinajstić information content (AvgIpc) is 2.80. The Hall–Kier alpha value is -1.43.